The van der Waals surface area contributed by atoms with Gasteiger partial charge in [-0.3, -0.25) is 9.59 Å². The van der Waals surface area contributed by atoms with Crippen LogP contribution >= 0.6 is 15.9 Å². The van der Waals surface area contributed by atoms with E-state index in [-0.39, 0.29) is 5.75 Å². The lowest BCUT2D eigenvalue weighted by Gasteiger charge is -2.09. The second-order valence-corrected chi connectivity index (χ2v) is 5.58. The Bertz CT molecular complexity index is 747. The molecule has 2 aromatic rings. The molecule has 0 bridgehead atoms. The Morgan fingerprint density at radius 2 is 1.88 bits per heavy atom. The van der Waals surface area contributed by atoms with E-state index < -0.39 is 25.1 Å². The molecule has 0 aliphatic heterocycles. The van der Waals surface area contributed by atoms with Gasteiger partial charge in [-0.15, -0.1) is 0 Å². The number of hydrogen-bond acceptors (Lipinski definition) is 5. The molecule has 1 amide bonds. The average Bonchev–Trinajstić information content (AvgIpc) is 2.58. The van der Waals surface area contributed by atoms with Crippen LogP contribution in [0.5, 0.6) is 5.75 Å². The molecule has 0 aliphatic rings. The molecule has 0 aliphatic carbocycles. The monoisotopic (exact) mass is 391 g/mol. The van der Waals surface area contributed by atoms with Crippen LogP contribution in [0.4, 0.5) is 5.69 Å². The van der Waals surface area contributed by atoms with Crippen molar-refractivity contribution in [2.75, 3.05) is 18.5 Å². The van der Waals surface area contributed by atoms with Gasteiger partial charge in [0.05, 0.1) is 5.56 Å². The van der Waals surface area contributed by atoms with Crippen LogP contribution in [-0.4, -0.2) is 31.4 Å². The second-order valence-electron chi connectivity index (χ2n) is 4.66. The second kappa shape index (κ2) is 8.83. The third kappa shape index (κ3) is 5.51. The van der Waals surface area contributed by atoms with E-state index >= 15 is 0 Å². The van der Waals surface area contributed by atoms with Crippen molar-refractivity contribution in [1.82, 2.24) is 0 Å². The number of para-hydroxylation sites is 1. The summed E-state index contributed by atoms with van der Waals surface area (Å²) in [5, 5.41) is 2.60. The molecule has 0 aromatic heterocycles. The fraction of sp³-hybridized carbons (Fsp3) is 0.118. The summed E-state index contributed by atoms with van der Waals surface area (Å²) in [5.41, 5.74) is 0.916. The number of esters is 1. The minimum Gasteiger partial charge on any atom is -0.481 e. The number of amides is 1. The van der Waals surface area contributed by atoms with Gasteiger partial charge in [0, 0.05) is 10.2 Å². The number of carbonyl (C=O) groups excluding carboxylic acids is 3. The van der Waals surface area contributed by atoms with Crippen molar-refractivity contribution in [3.05, 3.63) is 58.6 Å². The summed E-state index contributed by atoms with van der Waals surface area (Å²) < 4.78 is 10.9. The van der Waals surface area contributed by atoms with Crippen molar-refractivity contribution in [2.45, 2.75) is 0 Å². The predicted octanol–water partition coefficient (Wildman–Crippen LogP) is 2.82. The number of nitrogens with one attached hydrogen (secondary N) is 1. The molecule has 0 heterocycles. The SMILES string of the molecule is O=Cc1ccccc1OCC(=O)OCC(=O)Nc1cccc(Br)c1. The van der Waals surface area contributed by atoms with Gasteiger partial charge in [0.25, 0.3) is 5.91 Å². The Morgan fingerprint density at radius 1 is 1.08 bits per heavy atom. The third-order valence-corrected chi connectivity index (χ3v) is 3.36. The molecular weight excluding hydrogens is 378 g/mol. The molecule has 2 aromatic carbocycles. The Hall–Kier alpha value is -2.67. The highest BCUT2D eigenvalue weighted by atomic mass is 79.9. The summed E-state index contributed by atoms with van der Waals surface area (Å²) in [7, 11) is 0. The van der Waals surface area contributed by atoms with Crippen molar-refractivity contribution >= 4 is 39.8 Å². The molecule has 124 valence electrons. The quantitative estimate of drug-likeness (QED) is 0.579. The normalized spacial score (nSPS) is 9.88. The first-order chi connectivity index (χ1) is 11.6. The predicted molar refractivity (Wildman–Crippen MR) is 91.1 cm³/mol. The highest BCUT2D eigenvalue weighted by Crippen LogP contribution is 2.16. The van der Waals surface area contributed by atoms with Crippen LogP contribution in [0, 0.1) is 0 Å². The first kappa shape index (κ1) is 17.7. The molecule has 0 saturated carbocycles. The van der Waals surface area contributed by atoms with E-state index in [2.05, 4.69) is 21.2 Å². The van der Waals surface area contributed by atoms with Gasteiger partial charge in [0.2, 0.25) is 0 Å². The number of aldehydes is 1. The maximum Gasteiger partial charge on any atom is 0.344 e. The summed E-state index contributed by atoms with van der Waals surface area (Å²) in [6.45, 7) is -0.820. The summed E-state index contributed by atoms with van der Waals surface area (Å²) in [6, 6.07) is 13.5. The molecule has 1 N–H and O–H groups in total. The Labute approximate surface area is 146 Å². The van der Waals surface area contributed by atoms with Crippen LogP contribution in [0.15, 0.2) is 53.0 Å². The minimum absolute atomic E-state index is 0.281. The fourth-order valence-corrected chi connectivity index (χ4v) is 2.20. The van der Waals surface area contributed by atoms with Crippen LogP contribution in [0.25, 0.3) is 0 Å². The fourth-order valence-electron chi connectivity index (χ4n) is 1.80. The van der Waals surface area contributed by atoms with Gasteiger partial charge in [-0.25, -0.2) is 4.79 Å². The largest absolute Gasteiger partial charge is 0.481 e. The molecule has 0 fully saturated rings. The summed E-state index contributed by atoms with van der Waals surface area (Å²) in [4.78, 5) is 34.1. The molecule has 6 nitrogen and oxygen atoms in total. The molecule has 0 atom stereocenters. The maximum atomic E-state index is 11.7. The van der Waals surface area contributed by atoms with Crippen molar-refractivity contribution < 1.29 is 23.9 Å². The Kier molecular flexibility index (Phi) is 6.51. The van der Waals surface area contributed by atoms with Crippen molar-refractivity contribution in [1.29, 1.82) is 0 Å². The lowest BCUT2D eigenvalue weighted by atomic mass is 10.2. The van der Waals surface area contributed by atoms with Crippen molar-refractivity contribution in [3.8, 4) is 5.75 Å². The van der Waals surface area contributed by atoms with Gasteiger partial charge in [0.1, 0.15) is 5.75 Å². The lowest BCUT2D eigenvalue weighted by molar-refractivity contribution is -0.149. The molecule has 0 radical (unpaired) electrons. The first-order valence-electron chi connectivity index (χ1n) is 6.96. The van der Waals surface area contributed by atoms with E-state index in [1.807, 2.05) is 6.07 Å². The van der Waals surface area contributed by atoms with Gasteiger partial charge in [-0.2, -0.15) is 0 Å². The third-order valence-electron chi connectivity index (χ3n) is 2.86. The number of halogens is 1. The highest BCUT2D eigenvalue weighted by Gasteiger charge is 2.10. The summed E-state index contributed by atoms with van der Waals surface area (Å²) >= 11 is 3.29. The summed E-state index contributed by atoms with van der Waals surface area (Å²) in [6.07, 6.45) is 0.631. The zero-order chi connectivity index (χ0) is 17.4. The van der Waals surface area contributed by atoms with E-state index in [0.29, 0.717) is 17.5 Å². The number of anilines is 1. The number of rotatable bonds is 7. The molecule has 0 saturated heterocycles. The minimum atomic E-state index is -0.708. The molecule has 0 spiro atoms. The molecule has 7 heteroatoms. The van der Waals surface area contributed by atoms with Gasteiger partial charge < -0.3 is 14.8 Å². The van der Waals surface area contributed by atoms with Crippen LogP contribution < -0.4 is 10.1 Å². The topological polar surface area (TPSA) is 81.7 Å². The number of carbonyl (C=O) groups is 3. The van der Waals surface area contributed by atoms with Crippen LogP contribution in [0.3, 0.4) is 0 Å². The van der Waals surface area contributed by atoms with Gasteiger partial charge in [-0.05, 0) is 30.3 Å². The van der Waals surface area contributed by atoms with Crippen molar-refractivity contribution in [3.63, 3.8) is 0 Å². The van der Waals surface area contributed by atoms with Crippen molar-refractivity contribution in [2.24, 2.45) is 0 Å². The van der Waals surface area contributed by atoms with E-state index in [4.69, 9.17) is 9.47 Å². The van der Waals surface area contributed by atoms with E-state index in [0.717, 1.165) is 4.47 Å². The van der Waals surface area contributed by atoms with E-state index in [1.165, 1.54) is 0 Å². The zero-order valence-electron chi connectivity index (χ0n) is 12.5. The van der Waals surface area contributed by atoms with Gasteiger partial charge in [0.15, 0.2) is 19.5 Å². The smallest absolute Gasteiger partial charge is 0.344 e. The first-order valence-corrected chi connectivity index (χ1v) is 7.76. The molecule has 0 unspecified atom stereocenters. The lowest BCUT2D eigenvalue weighted by Crippen LogP contribution is -2.23. The van der Waals surface area contributed by atoms with Gasteiger partial charge >= 0.3 is 5.97 Å². The Balaban J connectivity index is 1.76. The zero-order valence-corrected chi connectivity index (χ0v) is 14.1. The summed E-state index contributed by atoms with van der Waals surface area (Å²) in [5.74, 6) is -0.891. The average molecular weight is 392 g/mol. The molecule has 24 heavy (non-hydrogen) atoms. The standard InChI is InChI=1S/C17H14BrNO5/c18-13-5-3-6-14(8-13)19-16(21)10-24-17(22)11-23-15-7-2-1-4-12(15)9-20/h1-9H,10-11H2,(H,19,21). The van der Waals surface area contributed by atoms with Crippen LogP contribution in [-0.2, 0) is 14.3 Å². The van der Waals surface area contributed by atoms with E-state index in [9.17, 15) is 14.4 Å². The molecule has 2 rings (SSSR count). The van der Waals surface area contributed by atoms with Crippen LogP contribution in [0.1, 0.15) is 10.4 Å². The number of hydrogen-bond donors (Lipinski definition) is 1. The number of ether oxygens (including phenoxy) is 2. The van der Waals surface area contributed by atoms with Crippen LogP contribution in [0.2, 0.25) is 0 Å². The van der Waals surface area contributed by atoms with Gasteiger partial charge in [-0.1, -0.05) is 34.1 Å². The molecular formula is C17H14BrNO5. The number of benzene rings is 2. The maximum absolute atomic E-state index is 11.7. The Morgan fingerprint density at radius 3 is 2.62 bits per heavy atom. The highest BCUT2D eigenvalue weighted by molar-refractivity contribution is 9.10. The van der Waals surface area contributed by atoms with E-state index in [1.54, 1.807) is 42.5 Å².